The van der Waals surface area contributed by atoms with Crippen LogP contribution in [0.15, 0.2) is 0 Å². The van der Waals surface area contributed by atoms with Crippen LogP contribution in [0.2, 0.25) is 0 Å². The molecular weight excluding hydrogens is 136 g/mol. The molecule has 0 unspecified atom stereocenters. The Bertz CT molecular complexity index is 118. The van der Waals surface area contributed by atoms with Gasteiger partial charge in [0.15, 0.2) is 0 Å². The number of urea groups is 1. The SMILES string of the molecule is CSN1CCCNC1=O. The van der Waals surface area contributed by atoms with Crippen LogP contribution in [0.25, 0.3) is 0 Å². The van der Waals surface area contributed by atoms with Crippen LogP contribution in [-0.2, 0) is 0 Å². The van der Waals surface area contributed by atoms with Crippen molar-refractivity contribution >= 4 is 18.0 Å². The number of nitrogens with one attached hydrogen (secondary N) is 1. The van der Waals surface area contributed by atoms with Crippen molar-refractivity contribution in [1.82, 2.24) is 9.62 Å². The van der Waals surface area contributed by atoms with Gasteiger partial charge in [-0.25, -0.2) is 4.79 Å². The highest BCUT2D eigenvalue weighted by molar-refractivity contribution is 7.96. The van der Waals surface area contributed by atoms with Gasteiger partial charge < -0.3 is 5.32 Å². The van der Waals surface area contributed by atoms with Crippen LogP contribution in [0, 0.1) is 0 Å². The maximum atomic E-state index is 10.8. The molecule has 4 heteroatoms. The van der Waals surface area contributed by atoms with Gasteiger partial charge in [0.1, 0.15) is 0 Å². The predicted octanol–water partition coefficient (Wildman–Crippen LogP) is 0.680. The largest absolute Gasteiger partial charge is 0.337 e. The molecule has 0 saturated carbocycles. The smallest absolute Gasteiger partial charge is 0.327 e. The van der Waals surface area contributed by atoms with E-state index < -0.39 is 0 Å². The van der Waals surface area contributed by atoms with Crippen molar-refractivity contribution < 1.29 is 4.79 Å². The van der Waals surface area contributed by atoms with Gasteiger partial charge >= 0.3 is 6.03 Å². The Morgan fingerprint density at radius 2 is 2.56 bits per heavy atom. The Labute approximate surface area is 58.9 Å². The van der Waals surface area contributed by atoms with E-state index in [9.17, 15) is 4.79 Å². The minimum atomic E-state index is 0.0498. The van der Waals surface area contributed by atoms with Gasteiger partial charge in [-0.05, 0) is 18.4 Å². The third-order valence-electron chi connectivity index (χ3n) is 1.26. The van der Waals surface area contributed by atoms with Gasteiger partial charge in [0.25, 0.3) is 0 Å². The maximum absolute atomic E-state index is 10.8. The standard InChI is InChI=1S/C5H10N2OS/c1-9-7-4-2-3-6-5(7)8/h2-4H2,1H3,(H,6,8). The molecule has 0 radical (unpaired) electrons. The Morgan fingerprint density at radius 1 is 1.78 bits per heavy atom. The van der Waals surface area contributed by atoms with Crippen molar-refractivity contribution in [2.75, 3.05) is 19.3 Å². The van der Waals surface area contributed by atoms with Crippen molar-refractivity contribution in [3.05, 3.63) is 0 Å². The van der Waals surface area contributed by atoms with E-state index in [4.69, 9.17) is 0 Å². The van der Waals surface area contributed by atoms with Gasteiger partial charge in [-0.3, -0.25) is 4.31 Å². The Balaban J connectivity index is 2.39. The second-order valence-electron chi connectivity index (χ2n) is 1.87. The highest BCUT2D eigenvalue weighted by atomic mass is 32.2. The molecule has 2 amide bonds. The van der Waals surface area contributed by atoms with E-state index in [1.807, 2.05) is 6.26 Å². The van der Waals surface area contributed by atoms with E-state index >= 15 is 0 Å². The Morgan fingerprint density at radius 3 is 3.00 bits per heavy atom. The zero-order valence-corrected chi connectivity index (χ0v) is 6.20. The summed E-state index contributed by atoms with van der Waals surface area (Å²) < 4.78 is 1.73. The normalized spacial score (nSPS) is 19.7. The molecule has 9 heavy (non-hydrogen) atoms. The number of hydrogen-bond acceptors (Lipinski definition) is 2. The second kappa shape index (κ2) is 2.96. The van der Waals surface area contributed by atoms with Crippen LogP contribution < -0.4 is 5.32 Å². The third-order valence-corrected chi connectivity index (χ3v) is 2.05. The summed E-state index contributed by atoms with van der Waals surface area (Å²) in [7, 11) is 0. The van der Waals surface area contributed by atoms with Gasteiger partial charge in [0.2, 0.25) is 0 Å². The van der Waals surface area contributed by atoms with Crippen LogP contribution in [0.1, 0.15) is 6.42 Å². The van der Waals surface area contributed by atoms with Gasteiger partial charge in [-0.15, -0.1) is 0 Å². The van der Waals surface area contributed by atoms with Crippen molar-refractivity contribution in [3.8, 4) is 0 Å². The summed E-state index contributed by atoms with van der Waals surface area (Å²) in [6.07, 6.45) is 2.97. The number of carbonyl (C=O) groups is 1. The van der Waals surface area contributed by atoms with Crippen LogP contribution in [0.3, 0.4) is 0 Å². The minimum absolute atomic E-state index is 0.0498. The highest BCUT2D eigenvalue weighted by Crippen LogP contribution is 2.08. The summed E-state index contributed by atoms with van der Waals surface area (Å²) in [5, 5.41) is 2.75. The molecule has 52 valence electrons. The first-order valence-corrected chi connectivity index (χ1v) is 4.12. The zero-order valence-electron chi connectivity index (χ0n) is 5.39. The lowest BCUT2D eigenvalue weighted by atomic mass is 10.4. The number of amides is 2. The summed E-state index contributed by atoms with van der Waals surface area (Å²) >= 11 is 1.48. The van der Waals surface area contributed by atoms with Crippen LogP contribution in [-0.4, -0.2) is 29.7 Å². The first kappa shape index (κ1) is 6.74. The third kappa shape index (κ3) is 1.51. The van der Waals surface area contributed by atoms with E-state index in [0.29, 0.717) is 0 Å². The van der Waals surface area contributed by atoms with E-state index in [1.54, 1.807) is 4.31 Å². The maximum Gasteiger partial charge on any atom is 0.327 e. The number of carbonyl (C=O) groups excluding carboxylic acids is 1. The summed E-state index contributed by atoms with van der Waals surface area (Å²) in [5.74, 6) is 0. The minimum Gasteiger partial charge on any atom is -0.337 e. The number of hydrogen-bond donors (Lipinski definition) is 1. The molecule has 1 aliphatic rings. The van der Waals surface area contributed by atoms with Gasteiger partial charge in [-0.2, -0.15) is 0 Å². The molecule has 1 rings (SSSR count). The van der Waals surface area contributed by atoms with E-state index in [2.05, 4.69) is 5.32 Å². The van der Waals surface area contributed by atoms with Gasteiger partial charge in [0.05, 0.1) is 0 Å². The molecule has 1 N–H and O–H groups in total. The molecule has 0 aromatic carbocycles. The van der Waals surface area contributed by atoms with Crippen LogP contribution in [0.5, 0.6) is 0 Å². The lowest BCUT2D eigenvalue weighted by Crippen LogP contribution is -2.42. The molecule has 0 aliphatic carbocycles. The Hall–Kier alpha value is -0.380. The number of rotatable bonds is 1. The van der Waals surface area contributed by atoms with Crippen molar-refractivity contribution in [2.45, 2.75) is 6.42 Å². The van der Waals surface area contributed by atoms with Crippen molar-refractivity contribution in [3.63, 3.8) is 0 Å². The molecule has 0 aromatic rings. The van der Waals surface area contributed by atoms with E-state index in [0.717, 1.165) is 19.5 Å². The summed E-state index contributed by atoms with van der Waals surface area (Å²) in [6, 6.07) is 0.0498. The molecule has 0 bridgehead atoms. The quantitative estimate of drug-likeness (QED) is 0.552. The first-order valence-electron chi connectivity index (χ1n) is 2.94. The monoisotopic (exact) mass is 146 g/mol. The zero-order chi connectivity index (χ0) is 6.69. The summed E-state index contributed by atoms with van der Waals surface area (Å²) in [5.41, 5.74) is 0. The van der Waals surface area contributed by atoms with Crippen molar-refractivity contribution in [2.24, 2.45) is 0 Å². The average Bonchev–Trinajstić information content (AvgIpc) is 1.89. The van der Waals surface area contributed by atoms with Crippen molar-refractivity contribution in [1.29, 1.82) is 0 Å². The molecule has 0 spiro atoms. The van der Waals surface area contributed by atoms with E-state index in [1.165, 1.54) is 11.9 Å². The predicted molar refractivity (Wildman–Crippen MR) is 38.2 cm³/mol. The average molecular weight is 146 g/mol. The molecule has 0 aromatic heterocycles. The molecule has 1 heterocycles. The number of nitrogens with zero attached hydrogens (tertiary/aromatic N) is 1. The molecule has 1 fully saturated rings. The molecular formula is C5H10N2OS. The molecule has 1 aliphatic heterocycles. The van der Waals surface area contributed by atoms with Crippen LogP contribution >= 0.6 is 11.9 Å². The highest BCUT2D eigenvalue weighted by Gasteiger charge is 2.15. The van der Waals surface area contributed by atoms with Crippen LogP contribution in [0.4, 0.5) is 4.79 Å². The topological polar surface area (TPSA) is 32.3 Å². The Kier molecular flexibility index (Phi) is 2.22. The first-order chi connectivity index (χ1) is 4.34. The fourth-order valence-electron chi connectivity index (χ4n) is 0.782. The fourth-order valence-corrected chi connectivity index (χ4v) is 1.32. The fraction of sp³-hybridized carbons (Fsp3) is 0.800. The second-order valence-corrected chi connectivity index (χ2v) is 2.68. The molecule has 0 atom stereocenters. The molecule has 1 saturated heterocycles. The lowest BCUT2D eigenvalue weighted by Gasteiger charge is -2.24. The summed E-state index contributed by atoms with van der Waals surface area (Å²) in [4.78, 5) is 10.8. The lowest BCUT2D eigenvalue weighted by molar-refractivity contribution is 0.218. The summed E-state index contributed by atoms with van der Waals surface area (Å²) in [6.45, 7) is 1.71. The molecule has 3 nitrogen and oxygen atoms in total. The van der Waals surface area contributed by atoms with E-state index in [-0.39, 0.29) is 6.03 Å². The van der Waals surface area contributed by atoms with Gasteiger partial charge in [0, 0.05) is 19.3 Å². The van der Waals surface area contributed by atoms with Gasteiger partial charge in [-0.1, -0.05) is 0 Å².